The molecule has 2 aromatic rings. The van der Waals surface area contributed by atoms with E-state index in [1.807, 2.05) is 25.2 Å². The van der Waals surface area contributed by atoms with Crippen molar-refractivity contribution in [2.24, 2.45) is 0 Å². The summed E-state index contributed by atoms with van der Waals surface area (Å²) in [4.78, 5) is 19.7. The van der Waals surface area contributed by atoms with Gasteiger partial charge in [0, 0.05) is 30.8 Å². The van der Waals surface area contributed by atoms with E-state index in [2.05, 4.69) is 15.3 Å². The van der Waals surface area contributed by atoms with Gasteiger partial charge in [-0.15, -0.1) is 0 Å². The second-order valence-electron chi connectivity index (χ2n) is 3.77. The first-order valence-corrected chi connectivity index (χ1v) is 5.36. The van der Waals surface area contributed by atoms with Crippen molar-refractivity contribution in [2.45, 2.75) is 13.5 Å². The predicted octanol–water partition coefficient (Wildman–Crippen LogP) is 1.04. The molecule has 0 radical (unpaired) electrons. The van der Waals surface area contributed by atoms with Gasteiger partial charge in [0.05, 0.1) is 12.2 Å². The third kappa shape index (κ3) is 2.69. The Bertz CT molecular complexity index is 577. The van der Waals surface area contributed by atoms with Gasteiger partial charge in [-0.25, -0.2) is 4.79 Å². The summed E-state index contributed by atoms with van der Waals surface area (Å²) < 4.78 is 1.54. The molecular weight excluding hydrogens is 216 g/mol. The number of nitrogens with one attached hydrogen (secondary N) is 1. The topological polar surface area (TPSA) is 59.8 Å². The molecule has 0 aliphatic carbocycles. The minimum absolute atomic E-state index is 0.248. The molecule has 1 N–H and O–H groups in total. The van der Waals surface area contributed by atoms with Crippen molar-refractivity contribution < 1.29 is 0 Å². The molecule has 0 bridgehead atoms. The number of hydrogen-bond acceptors (Lipinski definition) is 4. The Morgan fingerprint density at radius 1 is 1.41 bits per heavy atom. The van der Waals surface area contributed by atoms with E-state index in [9.17, 15) is 4.79 Å². The lowest BCUT2D eigenvalue weighted by Gasteiger charge is -2.06. The molecule has 0 amide bonds. The van der Waals surface area contributed by atoms with Gasteiger partial charge in [-0.05, 0) is 25.1 Å². The second-order valence-corrected chi connectivity index (χ2v) is 3.77. The molecule has 88 valence electrons. The standard InChI is InChI=1S/C12H14N4O/c1-9-4-6-16(12(17)15-9)8-11-7-10(13-2)3-5-14-11/h3-7H,8H2,1-2H3,(H,13,14). The van der Waals surface area contributed by atoms with E-state index in [1.165, 1.54) is 4.57 Å². The van der Waals surface area contributed by atoms with Gasteiger partial charge >= 0.3 is 5.69 Å². The summed E-state index contributed by atoms with van der Waals surface area (Å²) >= 11 is 0. The number of aromatic nitrogens is 3. The van der Waals surface area contributed by atoms with Crippen LogP contribution in [0.5, 0.6) is 0 Å². The van der Waals surface area contributed by atoms with Gasteiger partial charge in [0.25, 0.3) is 0 Å². The van der Waals surface area contributed by atoms with E-state index in [0.717, 1.165) is 17.1 Å². The Hall–Kier alpha value is -2.17. The lowest BCUT2D eigenvalue weighted by molar-refractivity contribution is 0.705. The number of anilines is 1. The summed E-state index contributed by atoms with van der Waals surface area (Å²) in [6.07, 6.45) is 3.45. The zero-order valence-corrected chi connectivity index (χ0v) is 9.84. The monoisotopic (exact) mass is 230 g/mol. The number of rotatable bonds is 3. The molecule has 0 aliphatic heterocycles. The Labute approximate surface area is 99.2 Å². The maximum atomic E-state index is 11.6. The van der Waals surface area contributed by atoms with E-state index in [4.69, 9.17) is 0 Å². The van der Waals surface area contributed by atoms with Gasteiger partial charge in [0.2, 0.25) is 0 Å². The zero-order valence-electron chi connectivity index (χ0n) is 9.84. The molecule has 17 heavy (non-hydrogen) atoms. The van der Waals surface area contributed by atoms with E-state index in [-0.39, 0.29) is 5.69 Å². The van der Waals surface area contributed by atoms with Crippen molar-refractivity contribution in [3.63, 3.8) is 0 Å². The first kappa shape index (κ1) is 11.3. The third-order valence-electron chi connectivity index (χ3n) is 2.45. The highest BCUT2D eigenvalue weighted by molar-refractivity contribution is 5.42. The summed E-state index contributed by atoms with van der Waals surface area (Å²) in [5.41, 5.74) is 2.28. The molecule has 2 heterocycles. The van der Waals surface area contributed by atoms with Crippen molar-refractivity contribution in [3.8, 4) is 0 Å². The second kappa shape index (κ2) is 4.78. The maximum Gasteiger partial charge on any atom is 0.348 e. The zero-order chi connectivity index (χ0) is 12.3. The molecule has 5 nitrogen and oxygen atoms in total. The summed E-state index contributed by atoms with van der Waals surface area (Å²) in [5, 5.41) is 3.03. The van der Waals surface area contributed by atoms with Crippen molar-refractivity contribution in [1.82, 2.24) is 14.5 Å². The molecule has 0 fully saturated rings. The van der Waals surface area contributed by atoms with Crippen molar-refractivity contribution >= 4 is 5.69 Å². The van der Waals surface area contributed by atoms with Gasteiger partial charge in [0.1, 0.15) is 0 Å². The highest BCUT2D eigenvalue weighted by atomic mass is 16.1. The van der Waals surface area contributed by atoms with E-state index >= 15 is 0 Å². The first-order valence-electron chi connectivity index (χ1n) is 5.36. The summed E-state index contributed by atoms with van der Waals surface area (Å²) in [7, 11) is 1.85. The summed E-state index contributed by atoms with van der Waals surface area (Å²) in [6, 6.07) is 5.59. The van der Waals surface area contributed by atoms with Crippen LogP contribution in [0.25, 0.3) is 0 Å². The van der Waals surface area contributed by atoms with Crippen LogP contribution in [0.15, 0.2) is 35.4 Å². The molecule has 2 aromatic heterocycles. The predicted molar refractivity (Wildman–Crippen MR) is 66.1 cm³/mol. The van der Waals surface area contributed by atoms with Crippen LogP contribution in [0.4, 0.5) is 5.69 Å². The van der Waals surface area contributed by atoms with Gasteiger partial charge in [-0.3, -0.25) is 9.55 Å². The minimum atomic E-state index is -0.248. The van der Waals surface area contributed by atoms with Crippen LogP contribution in [0.1, 0.15) is 11.4 Å². The van der Waals surface area contributed by atoms with Crippen LogP contribution < -0.4 is 11.0 Å². The van der Waals surface area contributed by atoms with Crippen LogP contribution in [0, 0.1) is 6.92 Å². The maximum absolute atomic E-state index is 11.6. The molecule has 0 atom stereocenters. The fourth-order valence-corrected chi connectivity index (χ4v) is 1.53. The average Bonchev–Trinajstić information content (AvgIpc) is 2.33. The fourth-order valence-electron chi connectivity index (χ4n) is 1.53. The molecule has 0 aromatic carbocycles. The van der Waals surface area contributed by atoms with Crippen molar-refractivity contribution in [3.05, 3.63) is 52.5 Å². The molecule has 2 rings (SSSR count). The lowest BCUT2D eigenvalue weighted by atomic mass is 10.3. The van der Waals surface area contributed by atoms with Crippen molar-refractivity contribution in [1.29, 1.82) is 0 Å². The first-order chi connectivity index (χ1) is 8.19. The molecular formula is C12H14N4O. The Kier molecular flexibility index (Phi) is 3.18. The van der Waals surface area contributed by atoms with E-state index in [1.54, 1.807) is 19.3 Å². The Balaban J connectivity index is 2.28. The van der Waals surface area contributed by atoms with Crippen LogP contribution in [0.2, 0.25) is 0 Å². The van der Waals surface area contributed by atoms with Gasteiger partial charge in [0.15, 0.2) is 0 Å². The number of hydrogen-bond donors (Lipinski definition) is 1. The highest BCUT2D eigenvalue weighted by Gasteiger charge is 2.01. The minimum Gasteiger partial charge on any atom is -0.388 e. The van der Waals surface area contributed by atoms with Crippen LogP contribution in [-0.4, -0.2) is 21.6 Å². The molecule has 0 saturated heterocycles. The quantitative estimate of drug-likeness (QED) is 0.855. The average molecular weight is 230 g/mol. The smallest absolute Gasteiger partial charge is 0.348 e. The largest absolute Gasteiger partial charge is 0.388 e. The normalized spacial score (nSPS) is 10.2. The van der Waals surface area contributed by atoms with Crippen LogP contribution in [0.3, 0.4) is 0 Å². The third-order valence-corrected chi connectivity index (χ3v) is 2.45. The van der Waals surface area contributed by atoms with Gasteiger partial charge in [-0.2, -0.15) is 4.98 Å². The number of pyridine rings is 1. The Morgan fingerprint density at radius 2 is 2.24 bits per heavy atom. The van der Waals surface area contributed by atoms with E-state index in [0.29, 0.717) is 6.54 Å². The van der Waals surface area contributed by atoms with Crippen LogP contribution >= 0.6 is 0 Å². The van der Waals surface area contributed by atoms with Crippen LogP contribution in [-0.2, 0) is 6.54 Å². The van der Waals surface area contributed by atoms with Gasteiger partial charge < -0.3 is 5.32 Å². The highest BCUT2D eigenvalue weighted by Crippen LogP contribution is 2.07. The van der Waals surface area contributed by atoms with Gasteiger partial charge in [-0.1, -0.05) is 0 Å². The van der Waals surface area contributed by atoms with E-state index < -0.39 is 0 Å². The summed E-state index contributed by atoms with van der Waals surface area (Å²) in [5.74, 6) is 0. The molecule has 0 saturated carbocycles. The number of aryl methyl sites for hydroxylation is 1. The molecule has 0 unspecified atom stereocenters. The molecule has 5 heteroatoms. The Morgan fingerprint density at radius 3 is 2.94 bits per heavy atom. The molecule has 0 aliphatic rings. The number of nitrogens with zero attached hydrogens (tertiary/aromatic N) is 3. The molecule has 0 spiro atoms. The summed E-state index contributed by atoms with van der Waals surface area (Å²) in [6.45, 7) is 2.23. The SMILES string of the molecule is CNc1ccnc(Cn2ccc(C)nc2=O)c1. The van der Waals surface area contributed by atoms with Crippen molar-refractivity contribution in [2.75, 3.05) is 12.4 Å². The fraction of sp³-hybridized carbons (Fsp3) is 0.250. The lowest BCUT2D eigenvalue weighted by Crippen LogP contribution is -2.23.